The third kappa shape index (κ3) is 6.70. The van der Waals surface area contributed by atoms with Crippen LogP contribution in [-0.4, -0.2) is 49.1 Å². The second-order valence-corrected chi connectivity index (χ2v) is 9.52. The number of nitrogens with zero attached hydrogens (tertiary/aromatic N) is 1. The van der Waals surface area contributed by atoms with Crippen molar-refractivity contribution in [3.8, 4) is 11.5 Å². The summed E-state index contributed by atoms with van der Waals surface area (Å²) in [6.45, 7) is 4.48. The molecule has 1 aliphatic heterocycles. The minimum Gasteiger partial charge on any atom is -0.496 e. The topological polar surface area (TPSA) is 59.0 Å². The number of methoxy groups -OCH3 is 1. The molecule has 3 aromatic carbocycles. The van der Waals surface area contributed by atoms with Crippen LogP contribution in [0.15, 0.2) is 66.7 Å². The molecule has 4 rings (SSSR count). The highest BCUT2D eigenvalue weighted by atomic mass is 35.5. The number of rotatable bonds is 10. The fourth-order valence-electron chi connectivity index (χ4n) is 5.15. The van der Waals surface area contributed by atoms with Crippen LogP contribution in [0.4, 0.5) is 8.78 Å². The Morgan fingerprint density at radius 3 is 2.03 bits per heavy atom. The minimum atomic E-state index is -1.33. The van der Waals surface area contributed by atoms with Gasteiger partial charge < -0.3 is 19.5 Å². The van der Waals surface area contributed by atoms with Crippen molar-refractivity contribution in [3.05, 3.63) is 95.1 Å². The van der Waals surface area contributed by atoms with E-state index in [0.717, 1.165) is 38.9 Å². The Labute approximate surface area is 228 Å². The lowest BCUT2D eigenvalue weighted by Gasteiger charge is -2.42. The molecular weight excluding hydrogens is 512 g/mol. The van der Waals surface area contributed by atoms with Crippen LogP contribution in [0.3, 0.4) is 0 Å². The highest BCUT2D eigenvalue weighted by Crippen LogP contribution is 2.42. The molecule has 0 aliphatic carbocycles. The van der Waals surface area contributed by atoms with Gasteiger partial charge in [-0.05, 0) is 92.7 Å². The Morgan fingerprint density at radius 2 is 1.53 bits per heavy atom. The van der Waals surface area contributed by atoms with Crippen molar-refractivity contribution in [2.24, 2.45) is 5.92 Å². The summed E-state index contributed by atoms with van der Waals surface area (Å²) < 4.78 is 38.4. The number of aliphatic hydroxyl groups is 1. The van der Waals surface area contributed by atoms with Gasteiger partial charge in [-0.25, -0.2) is 8.78 Å². The Bertz CT molecular complexity index is 1150. The van der Waals surface area contributed by atoms with Crippen LogP contribution in [0.5, 0.6) is 11.5 Å². The van der Waals surface area contributed by atoms with Gasteiger partial charge >= 0.3 is 0 Å². The SMILES string of the molecule is COc1cc(OCCCN2CCC(C(O)(c3ccc(F)cc3)c3ccc(F)cc3)CC2)ccc1C(C)=O.Cl. The summed E-state index contributed by atoms with van der Waals surface area (Å²) in [7, 11) is 1.53. The molecule has 1 fully saturated rings. The maximum Gasteiger partial charge on any atom is 0.163 e. The van der Waals surface area contributed by atoms with Crippen molar-refractivity contribution in [3.63, 3.8) is 0 Å². The minimum absolute atomic E-state index is 0. The fourth-order valence-corrected chi connectivity index (χ4v) is 5.15. The van der Waals surface area contributed by atoms with Crippen LogP contribution in [0.2, 0.25) is 0 Å². The first kappa shape index (κ1) is 29.6. The summed E-state index contributed by atoms with van der Waals surface area (Å²) >= 11 is 0. The summed E-state index contributed by atoms with van der Waals surface area (Å²) in [5.41, 5.74) is 0.415. The normalized spacial score (nSPS) is 14.6. The molecule has 204 valence electrons. The van der Waals surface area contributed by atoms with Gasteiger partial charge in [-0.1, -0.05) is 24.3 Å². The number of hydrogen-bond acceptors (Lipinski definition) is 5. The Balaban J connectivity index is 0.00000400. The maximum absolute atomic E-state index is 13.6. The highest BCUT2D eigenvalue weighted by Gasteiger charge is 2.41. The molecule has 0 aromatic heterocycles. The van der Waals surface area contributed by atoms with E-state index in [1.165, 1.54) is 38.3 Å². The van der Waals surface area contributed by atoms with Crippen molar-refractivity contribution in [2.75, 3.05) is 33.4 Å². The summed E-state index contributed by atoms with van der Waals surface area (Å²) in [6, 6.07) is 17.1. The first-order chi connectivity index (χ1) is 17.8. The molecule has 5 nitrogen and oxygen atoms in total. The summed E-state index contributed by atoms with van der Waals surface area (Å²) in [6.07, 6.45) is 2.31. The Morgan fingerprint density at radius 1 is 0.974 bits per heavy atom. The van der Waals surface area contributed by atoms with Gasteiger partial charge in [0.1, 0.15) is 28.7 Å². The predicted octanol–water partition coefficient (Wildman–Crippen LogP) is 6.01. The molecule has 8 heteroatoms. The largest absolute Gasteiger partial charge is 0.496 e. The lowest BCUT2D eigenvalue weighted by Crippen LogP contribution is -2.44. The van der Waals surface area contributed by atoms with Gasteiger partial charge in [-0.2, -0.15) is 0 Å². The molecule has 0 atom stereocenters. The zero-order valence-electron chi connectivity index (χ0n) is 21.7. The second kappa shape index (κ2) is 13.2. The molecule has 1 aliphatic rings. The van der Waals surface area contributed by atoms with Gasteiger partial charge in [0.05, 0.1) is 19.3 Å². The molecule has 0 saturated carbocycles. The van der Waals surface area contributed by atoms with Crippen molar-refractivity contribution < 1.29 is 28.2 Å². The van der Waals surface area contributed by atoms with E-state index in [1.807, 2.05) is 0 Å². The lowest BCUT2D eigenvalue weighted by atomic mass is 9.72. The van der Waals surface area contributed by atoms with Crippen LogP contribution in [0.1, 0.15) is 47.7 Å². The van der Waals surface area contributed by atoms with Gasteiger partial charge in [0, 0.05) is 12.6 Å². The molecular formula is C30H34ClF2NO4. The van der Waals surface area contributed by atoms with Crippen LogP contribution in [0, 0.1) is 17.6 Å². The molecule has 0 unspecified atom stereocenters. The summed E-state index contributed by atoms with van der Waals surface area (Å²) in [5, 5.41) is 12.0. The van der Waals surface area contributed by atoms with Crippen LogP contribution in [-0.2, 0) is 5.60 Å². The molecule has 38 heavy (non-hydrogen) atoms. The van der Waals surface area contributed by atoms with Gasteiger partial charge in [0.15, 0.2) is 5.78 Å². The van der Waals surface area contributed by atoms with Crippen molar-refractivity contribution in [2.45, 2.75) is 31.8 Å². The molecule has 3 aromatic rings. The number of hydrogen-bond donors (Lipinski definition) is 1. The van der Waals surface area contributed by atoms with Gasteiger partial charge in [0.2, 0.25) is 0 Å². The standard InChI is InChI=1S/C30H33F2NO4.ClH/c1-21(34)28-13-12-27(20-29(28)36-2)37-19-3-16-33-17-14-24(15-18-33)30(35,22-4-8-25(31)9-5-22)23-6-10-26(32)11-7-23;/h4-13,20,24,35H,3,14-19H2,1-2H3;1H. The number of piperidine rings is 1. The van der Waals surface area contributed by atoms with E-state index in [0.29, 0.717) is 34.8 Å². The third-order valence-corrected chi connectivity index (χ3v) is 7.19. The van der Waals surface area contributed by atoms with Crippen LogP contribution in [0.25, 0.3) is 0 Å². The van der Waals surface area contributed by atoms with Crippen LogP contribution >= 0.6 is 12.4 Å². The predicted molar refractivity (Wildman–Crippen MR) is 145 cm³/mol. The van der Waals surface area contributed by atoms with E-state index >= 15 is 0 Å². The molecule has 1 heterocycles. The molecule has 0 amide bonds. The Hall–Kier alpha value is -3.00. The molecule has 0 spiro atoms. The van der Waals surface area contributed by atoms with E-state index in [2.05, 4.69) is 4.90 Å². The number of carbonyl (C=O) groups excluding carboxylic acids is 1. The smallest absolute Gasteiger partial charge is 0.163 e. The Kier molecular flexibility index (Phi) is 10.3. The molecule has 0 radical (unpaired) electrons. The number of carbonyl (C=O) groups is 1. The van der Waals surface area contributed by atoms with Crippen LogP contribution < -0.4 is 9.47 Å². The van der Waals surface area contributed by atoms with E-state index in [9.17, 15) is 18.7 Å². The van der Waals surface area contributed by atoms with Crippen molar-refractivity contribution in [1.29, 1.82) is 0 Å². The maximum atomic E-state index is 13.6. The van der Waals surface area contributed by atoms with E-state index in [-0.39, 0.29) is 35.7 Å². The highest BCUT2D eigenvalue weighted by molar-refractivity contribution is 5.97. The zero-order valence-corrected chi connectivity index (χ0v) is 22.5. The zero-order chi connectivity index (χ0) is 26.4. The number of benzene rings is 3. The quantitative estimate of drug-likeness (QED) is 0.249. The fraction of sp³-hybridized carbons (Fsp3) is 0.367. The lowest BCUT2D eigenvalue weighted by molar-refractivity contribution is -0.0147. The van der Waals surface area contributed by atoms with Gasteiger partial charge in [0.25, 0.3) is 0 Å². The molecule has 1 N–H and O–H groups in total. The third-order valence-electron chi connectivity index (χ3n) is 7.19. The molecule has 0 bridgehead atoms. The van der Waals surface area contributed by atoms with E-state index in [1.54, 1.807) is 42.5 Å². The van der Waals surface area contributed by atoms with Crippen molar-refractivity contribution >= 4 is 18.2 Å². The first-order valence-corrected chi connectivity index (χ1v) is 12.6. The number of ether oxygens (including phenoxy) is 2. The van der Waals surface area contributed by atoms with E-state index < -0.39 is 5.60 Å². The van der Waals surface area contributed by atoms with Crippen molar-refractivity contribution in [1.82, 2.24) is 4.90 Å². The second-order valence-electron chi connectivity index (χ2n) is 9.52. The molecule has 1 saturated heterocycles. The van der Waals surface area contributed by atoms with Gasteiger partial charge in [-0.3, -0.25) is 4.79 Å². The van der Waals surface area contributed by atoms with Gasteiger partial charge in [-0.15, -0.1) is 12.4 Å². The average Bonchev–Trinajstić information content (AvgIpc) is 2.91. The monoisotopic (exact) mass is 545 g/mol. The number of halogens is 3. The first-order valence-electron chi connectivity index (χ1n) is 12.6. The average molecular weight is 546 g/mol. The van der Waals surface area contributed by atoms with E-state index in [4.69, 9.17) is 9.47 Å². The number of Topliss-reactive ketones (excluding diaryl/α,β-unsaturated/α-hetero) is 1. The number of likely N-dealkylation sites (tertiary alicyclic amines) is 1. The number of ketones is 1. The summed E-state index contributed by atoms with van der Waals surface area (Å²) in [4.78, 5) is 14.0. The summed E-state index contributed by atoms with van der Waals surface area (Å²) in [5.74, 6) is 0.276.